The van der Waals surface area contributed by atoms with E-state index >= 15 is 0 Å². The molecule has 4 rings (SSSR count). The lowest BCUT2D eigenvalue weighted by Crippen LogP contribution is -2.48. The van der Waals surface area contributed by atoms with E-state index in [-0.39, 0.29) is 35.5 Å². The van der Waals surface area contributed by atoms with Gasteiger partial charge in [-0.3, -0.25) is 4.79 Å². The van der Waals surface area contributed by atoms with E-state index < -0.39 is 12.5 Å². The Balaban J connectivity index is 1.52. The smallest absolute Gasteiger partial charge is 0.292 e. The van der Waals surface area contributed by atoms with Crippen LogP contribution in [0.25, 0.3) is 0 Å². The van der Waals surface area contributed by atoms with Crippen molar-refractivity contribution in [2.24, 2.45) is 5.92 Å². The number of aryl methyl sites for hydroxylation is 1. The third kappa shape index (κ3) is 4.32. The number of alkyl halides is 2. The van der Waals surface area contributed by atoms with Gasteiger partial charge in [0.25, 0.3) is 12.3 Å². The minimum absolute atomic E-state index is 0.0780. The van der Waals surface area contributed by atoms with Gasteiger partial charge in [0.15, 0.2) is 0 Å². The average Bonchev–Trinajstić information content (AvgIpc) is 3.39. The molecule has 0 aliphatic carbocycles. The Morgan fingerprint density at radius 2 is 2.13 bits per heavy atom. The molecule has 1 N–H and O–H groups in total. The van der Waals surface area contributed by atoms with E-state index in [1.807, 2.05) is 33.8 Å². The van der Waals surface area contributed by atoms with Crippen molar-refractivity contribution in [1.82, 2.24) is 19.8 Å². The van der Waals surface area contributed by atoms with Crippen LogP contribution in [0.4, 0.5) is 14.6 Å². The second kappa shape index (κ2) is 8.24. The minimum Gasteiger partial charge on any atom is -0.367 e. The summed E-state index contributed by atoms with van der Waals surface area (Å²) in [6.07, 6.45) is 0.193. The maximum Gasteiger partial charge on any atom is 0.292 e. The molecule has 0 bridgehead atoms. The van der Waals surface area contributed by atoms with E-state index in [4.69, 9.17) is 4.52 Å². The number of hydrogen-bond donors (Lipinski definition) is 1. The molecule has 0 radical (unpaired) electrons. The maximum atomic E-state index is 13.9. The molecule has 170 valence electrons. The molecule has 0 saturated carbocycles. The van der Waals surface area contributed by atoms with Crippen LogP contribution in [0.5, 0.6) is 0 Å². The Morgan fingerprint density at radius 1 is 1.35 bits per heavy atom. The van der Waals surface area contributed by atoms with Gasteiger partial charge in [0.2, 0.25) is 5.76 Å². The van der Waals surface area contributed by atoms with Crippen molar-refractivity contribution in [3.8, 4) is 0 Å². The van der Waals surface area contributed by atoms with Crippen LogP contribution in [0.15, 0.2) is 16.7 Å². The number of piperidine rings is 1. The number of fused-ring (bicyclic) bond motifs is 1. The summed E-state index contributed by atoms with van der Waals surface area (Å²) in [6, 6.07) is 2.45. The fraction of sp³-hybridized carbons (Fsp3) is 0.682. The van der Waals surface area contributed by atoms with Crippen LogP contribution in [-0.2, 0) is 11.8 Å². The molecule has 9 heteroatoms. The van der Waals surface area contributed by atoms with Crippen molar-refractivity contribution in [2.45, 2.75) is 77.3 Å². The van der Waals surface area contributed by atoms with Gasteiger partial charge >= 0.3 is 0 Å². The third-order valence-corrected chi connectivity index (χ3v) is 6.38. The number of likely N-dealkylation sites (tertiary alicyclic amines) is 1. The van der Waals surface area contributed by atoms with Gasteiger partial charge in [-0.1, -0.05) is 32.9 Å². The molecule has 2 aliphatic heterocycles. The lowest BCUT2D eigenvalue weighted by Gasteiger charge is -2.40. The van der Waals surface area contributed by atoms with Crippen LogP contribution in [0.3, 0.4) is 0 Å². The summed E-state index contributed by atoms with van der Waals surface area (Å²) in [6.45, 7) is 9.16. The van der Waals surface area contributed by atoms with Crippen LogP contribution < -0.4 is 5.32 Å². The zero-order chi connectivity index (χ0) is 22.3. The van der Waals surface area contributed by atoms with Crippen molar-refractivity contribution in [2.75, 3.05) is 18.4 Å². The second-order valence-electron chi connectivity index (χ2n) is 9.69. The molecule has 3 atom stereocenters. The maximum absolute atomic E-state index is 13.9. The van der Waals surface area contributed by atoms with Gasteiger partial charge in [-0.2, -0.15) is 5.10 Å². The van der Waals surface area contributed by atoms with Crippen LogP contribution in [-0.4, -0.2) is 51.3 Å². The number of nitrogens with one attached hydrogen (secondary N) is 1. The van der Waals surface area contributed by atoms with Gasteiger partial charge in [-0.25, -0.2) is 13.5 Å². The van der Waals surface area contributed by atoms with Crippen molar-refractivity contribution < 1.29 is 18.1 Å². The molecule has 0 spiro atoms. The van der Waals surface area contributed by atoms with Crippen LogP contribution >= 0.6 is 0 Å². The molecule has 2 aliphatic rings. The highest BCUT2D eigenvalue weighted by molar-refractivity contribution is 5.91. The summed E-state index contributed by atoms with van der Waals surface area (Å²) in [7, 11) is 0. The molecular formula is C22H31F2N5O2. The van der Waals surface area contributed by atoms with Gasteiger partial charge in [0.05, 0.1) is 11.4 Å². The Kier molecular flexibility index (Phi) is 5.79. The molecule has 31 heavy (non-hydrogen) atoms. The molecule has 7 nitrogen and oxygen atoms in total. The number of aromatic nitrogens is 3. The Hall–Kier alpha value is -2.45. The molecule has 4 heterocycles. The first-order valence-electron chi connectivity index (χ1n) is 11.1. The summed E-state index contributed by atoms with van der Waals surface area (Å²) < 4.78 is 34.5. The second-order valence-corrected chi connectivity index (χ2v) is 9.69. The Morgan fingerprint density at radius 3 is 2.77 bits per heavy atom. The lowest BCUT2D eigenvalue weighted by atomic mass is 9.85. The van der Waals surface area contributed by atoms with Gasteiger partial charge < -0.3 is 14.7 Å². The molecule has 2 aromatic heterocycles. The normalized spacial score (nSPS) is 24.2. The van der Waals surface area contributed by atoms with Crippen LogP contribution in [0.2, 0.25) is 0 Å². The number of hydrogen-bond acceptors (Lipinski definition) is 5. The number of carbonyl (C=O) groups is 1. The van der Waals surface area contributed by atoms with Gasteiger partial charge in [-0.15, -0.1) is 0 Å². The van der Waals surface area contributed by atoms with E-state index in [2.05, 4.69) is 15.6 Å². The molecule has 1 fully saturated rings. The van der Waals surface area contributed by atoms with Crippen molar-refractivity contribution in [3.05, 3.63) is 29.3 Å². The van der Waals surface area contributed by atoms with Gasteiger partial charge in [-0.05, 0) is 31.6 Å². The number of nitrogens with zero attached hydrogens (tertiary/aromatic N) is 4. The summed E-state index contributed by atoms with van der Waals surface area (Å²) in [5, 5.41) is 11.8. The summed E-state index contributed by atoms with van der Waals surface area (Å²) in [5.74, 6) is 0.776. The number of rotatable bonds is 4. The highest BCUT2D eigenvalue weighted by atomic mass is 19.3. The zero-order valence-corrected chi connectivity index (χ0v) is 18.6. The van der Waals surface area contributed by atoms with Crippen molar-refractivity contribution >= 4 is 11.7 Å². The average molecular weight is 436 g/mol. The Labute approximate surface area is 181 Å². The van der Waals surface area contributed by atoms with E-state index in [9.17, 15) is 13.6 Å². The topological polar surface area (TPSA) is 76.2 Å². The molecule has 1 amide bonds. The monoisotopic (exact) mass is 435 g/mol. The molecular weight excluding hydrogens is 404 g/mol. The lowest BCUT2D eigenvalue weighted by molar-refractivity contribution is 0.0488. The Bertz CT molecular complexity index is 933. The summed E-state index contributed by atoms with van der Waals surface area (Å²) >= 11 is 0. The predicted octanol–water partition coefficient (Wildman–Crippen LogP) is 4.27. The number of anilines is 1. The largest absolute Gasteiger partial charge is 0.367 e. The standard InChI is InChI=1S/C22H31F2N5O2/c1-5-14-9-17(31-27-14)21(30)28-8-6-7-13(12-28)15-10-16(20(23)24)29-19(25-15)11-18(26-29)22(2,3)4/h9,11,13,15-16,20,25H,5-8,10,12H2,1-4H3/t13?,15-,16+/m0/s1. The fourth-order valence-electron chi connectivity index (χ4n) is 4.51. The van der Waals surface area contributed by atoms with Crippen molar-refractivity contribution in [1.29, 1.82) is 0 Å². The first-order chi connectivity index (χ1) is 14.7. The predicted molar refractivity (Wildman–Crippen MR) is 113 cm³/mol. The van der Waals surface area contributed by atoms with Crippen LogP contribution in [0.1, 0.15) is 74.9 Å². The third-order valence-electron chi connectivity index (χ3n) is 6.38. The van der Waals surface area contributed by atoms with E-state index in [1.165, 1.54) is 4.68 Å². The number of amides is 1. The molecule has 0 aromatic carbocycles. The number of halogens is 2. The van der Waals surface area contributed by atoms with E-state index in [0.29, 0.717) is 25.3 Å². The van der Waals surface area contributed by atoms with Crippen molar-refractivity contribution in [3.63, 3.8) is 0 Å². The number of carbonyl (C=O) groups excluding carboxylic acids is 1. The summed E-state index contributed by atoms with van der Waals surface area (Å²) in [5.41, 5.74) is 1.31. The minimum atomic E-state index is -2.50. The first kappa shape index (κ1) is 21.8. The zero-order valence-electron chi connectivity index (χ0n) is 18.6. The highest BCUT2D eigenvalue weighted by Gasteiger charge is 2.40. The van der Waals surface area contributed by atoms with E-state index in [1.54, 1.807) is 11.0 Å². The molecule has 2 aromatic rings. The molecule has 1 saturated heterocycles. The fourth-order valence-corrected chi connectivity index (χ4v) is 4.51. The quantitative estimate of drug-likeness (QED) is 0.776. The first-order valence-corrected chi connectivity index (χ1v) is 11.1. The highest BCUT2D eigenvalue weighted by Crippen LogP contribution is 2.38. The molecule has 1 unspecified atom stereocenters. The summed E-state index contributed by atoms with van der Waals surface area (Å²) in [4.78, 5) is 14.6. The van der Waals surface area contributed by atoms with Crippen LogP contribution in [0, 0.1) is 5.92 Å². The van der Waals surface area contributed by atoms with Gasteiger partial charge in [0.1, 0.15) is 11.9 Å². The van der Waals surface area contributed by atoms with E-state index in [0.717, 1.165) is 24.2 Å². The van der Waals surface area contributed by atoms with Gasteiger partial charge in [0, 0.05) is 36.7 Å². The SMILES string of the molecule is CCc1cc(C(=O)N2CCCC([C@@H]3C[C@H](C(F)F)n4nc(C(C)(C)C)cc4N3)C2)on1.